The number of nitrogens with one attached hydrogen (secondary N) is 1. The van der Waals surface area contributed by atoms with Crippen LogP contribution in [0.25, 0.3) is 10.9 Å². The number of hydrogen-bond donors (Lipinski definition) is 2. The normalized spacial score (nSPS) is 16.1. The standard InChI is InChI=1S/C13H15N3O2/c17-9-4-5-11-10(8-9)12(18)15-13(14-11)16-6-2-1-3-7-16/h4-5,8,17H,1-3,6-7H2,(H,14,15,18). The molecule has 0 spiro atoms. The molecule has 0 amide bonds. The van der Waals surface area contributed by atoms with Crippen LogP contribution >= 0.6 is 0 Å². The lowest BCUT2D eigenvalue weighted by Gasteiger charge is -2.27. The molecule has 1 saturated heterocycles. The molecule has 0 saturated carbocycles. The molecule has 0 bridgehead atoms. The van der Waals surface area contributed by atoms with Crippen LogP contribution < -0.4 is 10.5 Å². The molecule has 2 heterocycles. The summed E-state index contributed by atoms with van der Waals surface area (Å²) in [5.41, 5.74) is 0.425. The highest BCUT2D eigenvalue weighted by atomic mass is 16.3. The van der Waals surface area contributed by atoms with Crippen LogP contribution in [0.4, 0.5) is 5.95 Å². The summed E-state index contributed by atoms with van der Waals surface area (Å²) in [5, 5.41) is 9.81. The maximum absolute atomic E-state index is 12.0. The molecule has 0 radical (unpaired) electrons. The maximum atomic E-state index is 12.0. The van der Waals surface area contributed by atoms with Gasteiger partial charge in [-0.3, -0.25) is 9.78 Å². The fourth-order valence-corrected chi connectivity index (χ4v) is 2.37. The van der Waals surface area contributed by atoms with E-state index in [1.165, 1.54) is 12.5 Å². The van der Waals surface area contributed by atoms with Crippen LogP contribution in [0.3, 0.4) is 0 Å². The van der Waals surface area contributed by atoms with Crippen molar-refractivity contribution in [2.24, 2.45) is 0 Å². The van der Waals surface area contributed by atoms with E-state index in [1.807, 2.05) is 0 Å². The number of piperidine rings is 1. The van der Waals surface area contributed by atoms with Gasteiger partial charge in [-0.2, -0.15) is 0 Å². The zero-order chi connectivity index (χ0) is 12.5. The van der Waals surface area contributed by atoms with Crippen molar-refractivity contribution in [2.45, 2.75) is 19.3 Å². The third kappa shape index (κ3) is 1.92. The van der Waals surface area contributed by atoms with Crippen LogP contribution in [0.2, 0.25) is 0 Å². The molecule has 0 aliphatic carbocycles. The van der Waals surface area contributed by atoms with Crippen LogP contribution in [0, 0.1) is 0 Å². The molecule has 1 fully saturated rings. The molecule has 2 aromatic rings. The molecule has 2 N–H and O–H groups in total. The number of anilines is 1. The number of fused-ring (bicyclic) bond motifs is 1. The maximum Gasteiger partial charge on any atom is 0.260 e. The third-order valence-corrected chi connectivity index (χ3v) is 3.33. The summed E-state index contributed by atoms with van der Waals surface area (Å²) in [4.78, 5) is 21.3. The van der Waals surface area contributed by atoms with Gasteiger partial charge in [0, 0.05) is 13.1 Å². The second-order valence-electron chi connectivity index (χ2n) is 4.64. The summed E-state index contributed by atoms with van der Waals surface area (Å²) in [5.74, 6) is 0.721. The van der Waals surface area contributed by atoms with Crippen molar-refractivity contribution in [1.29, 1.82) is 0 Å². The number of benzene rings is 1. The van der Waals surface area contributed by atoms with Crippen molar-refractivity contribution in [3.05, 3.63) is 28.6 Å². The summed E-state index contributed by atoms with van der Waals surface area (Å²) < 4.78 is 0. The highest BCUT2D eigenvalue weighted by Gasteiger charge is 2.14. The van der Waals surface area contributed by atoms with Gasteiger partial charge in [-0.25, -0.2) is 4.98 Å². The minimum Gasteiger partial charge on any atom is -0.508 e. The molecule has 94 valence electrons. The van der Waals surface area contributed by atoms with Gasteiger partial charge in [0.05, 0.1) is 10.9 Å². The first kappa shape index (κ1) is 11.1. The molecule has 3 rings (SSSR count). The Balaban J connectivity index is 2.09. The van der Waals surface area contributed by atoms with Gasteiger partial charge in [-0.1, -0.05) is 0 Å². The number of aromatic hydroxyl groups is 1. The smallest absolute Gasteiger partial charge is 0.260 e. The van der Waals surface area contributed by atoms with E-state index >= 15 is 0 Å². The van der Waals surface area contributed by atoms with E-state index < -0.39 is 0 Å². The molecular weight excluding hydrogens is 230 g/mol. The fraction of sp³-hybridized carbons (Fsp3) is 0.385. The van der Waals surface area contributed by atoms with Crippen LogP contribution in [0.15, 0.2) is 23.0 Å². The average molecular weight is 245 g/mol. The van der Waals surface area contributed by atoms with Gasteiger partial charge < -0.3 is 10.0 Å². The molecule has 1 aromatic heterocycles. The van der Waals surface area contributed by atoms with Crippen LogP contribution in [-0.2, 0) is 0 Å². The fourth-order valence-electron chi connectivity index (χ4n) is 2.37. The summed E-state index contributed by atoms with van der Waals surface area (Å²) >= 11 is 0. The van der Waals surface area contributed by atoms with E-state index in [9.17, 15) is 9.90 Å². The van der Waals surface area contributed by atoms with E-state index in [-0.39, 0.29) is 11.3 Å². The monoisotopic (exact) mass is 245 g/mol. The minimum atomic E-state index is -0.198. The number of nitrogens with zero attached hydrogens (tertiary/aromatic N) is 2. The minimum absolute atomic E-state index is 0.0838. The Labute approximate surface area is 104 Å². The first-order valence-corrected chi connectivity index (χ1v) is 6.22. The molecule has 18 heavy (non-hydrogen) atoms. The highest BCUT2D eigenvalue weighted by molar-refractivity contribution is 5.80. The Morgan fingerprint density at radius 1 is 1.22 bits per heavy atom. The number of aromatic nitrogens is 2. The molecule has 0 unspecified atom stereocenters. The predicted molar refractivity (Wildman–Crippen MR) is 70.1 cm³/mol. The number of hydrogen-bond acceptors (Lipinski definition) is 4. The molecule has 1 aliphatic rings. The van der Waals surface area contributed by atoms with E-state index in [0.29, 0.717) is 16.9 Å². The second-order valence-corrected chi connectivity index (χ2v) is 4.64. The molecule has 0 atom stereocenters. The number of aromatic amines is 1. The lowest BCUT2D eigenvalue weighted by Crippen LogP contribution is -2.32. The number of H-pyrrole nitrogens is 1. The Hall–Kier alpha value is -2.04. The lowest BCUT2D eigenvalue weighted by molar-refractivity contribution is 0.476. The molecule has 1 aliphatic heterocycles. The Morgan fingerprint density at radius 3 is 2.78 bits per heavy atom. The van der Waals surface area contributed by atoms with Gasteiger partial charge in [-0.15, -0.1) is 0 Å². The summed E-state index contributed by atoms with van der Waals surface area (Å²) in [7, 11) is 0. The average Bonchev–Trinajstić information content (AvgIpc) is 2.40. The van der Waals surface area contributed by atoms with E-state index in [2.05, 4.69) is 14.9 Å². The summed E-state index contributed by atoms with van der Waals surface area (Å²) in [6.07, 6.45) is 3.51. The molecular formula is C13H15N3O2. The van der Waals surface area contributed by atoms with Gasteiger partial charge >= 0.3 is 0 Å². The van der Waals surface area contributed by atoms with Crippen molar-refractivity contribution in [2.75, 3.05) is 18.0 Å². The number of phenolic OH excluding ortho intramolecular Hbond substituents is 1. The first-order chi connectivity index (χ1) is 8.74. The van der Waals surface area contributed by atoms with Gasteiger partial charge in [0.1, 0.15) is 5.75 Å². The molecule has 1 aromatic carbocycles. The quantitative estimate of drug-likeness (QED) is 0.801. The first-order valence-electron chi connectivity index (χ1n) is 6.22. The third-order valence-electron chi connectivity index (χ3n) is 3.33. The zero-order valence-electron chi connectivity index (χ0n) is 10.0. The van der Waals surface area contributed by atoms with E-state index in [0.717, 1.165) is 25.9 Å². The van der Waals surface area contributed by atoms with Gasteiger partial charge in [-0.05, 0) is 37.5 Å². The second kappa shape index (κ2) is 4.33. The van der Waals surface area contributed by atoms with Gasteiger partial charge in [0.2, 0.25) is 5.95 Å². The highest BCUT2D eigenvalue weighted by Crippen LogP contribution is 2.19. The van der Waals surface area contributed by atoms with Crippen LogP contribution in [-0.4, -0.2) is 28.2 Å². The Bertz CT molecular complexity index is 630. The van der Waals surface area contributed by atoms with Crippen LogP contribution in [0.5, 0.6) is 5.75 Å². The van der Waals surface area contributed by atoms with Crippen molar-refractivity contribution >= 4 is 16.9 Å². The Morgan fingerprint density at radius 2 is 2.00 bits per heavy atom. The molecule has 5 heteroatoms. The molecule has 5 nitrogen and oxygen atoms in total. The van der Waals surface area contributed by atoms with Crippen molar-refractivity contribution in [3.8, 4) is 5.75 Å². The topological polar surface area (TPSA) is 69.2 Å². The van der Waals surface area contributed by atoms with Gasteiger partial charge in [0.25, 0.3) is 5.56 Å². The van der Waals surface area contributed by atoms with E-state index in [1.54, 1.807) is 12.1 Å². The van der Waals surface area contributed by atoms with Crippen LogP contribution in [0.1, 0.15) is 19.3 Å². The lowest BCUT2D eigenvalue weighted by atomic mass is 10.1. The van der Waals surface area contributed by atoms with Crippen molar-refractivity contribution < 1.29 is 5.11 Å². The number of rotatable bonds is 1. The predicted octanol–water partition coefficient (Wildman–Crippen LogP) is 1.62. The SMILES string of the molecule is O=c1[nH]c(N2CCCCC2)nc2ccc(O)cc12. The Kier molecular flexibility index (Phi) is 2.66. The van der Waals surface area contributed by atoms with Crippen molar-refractivity contribution in [3.63, 3.8) is 0 Å². The summed E-state index contributed by atoms with van der Waals surface area (Å²) in [6.45, 7) is 1.87. The van der Waals surface area contributed by atoms with Crippen molar-refractivity contribution in [1.82, 2.24) is 9.97 Å². The largest absolute Gasteiger partial charge is 0.508 e. The summed E-state index contributed by atoms with van der Waals surface area (Å²) in [6, 6.07) is 4.67. The number of phenols is 1. The van der Waals surface area contributed by atoms with Gasteiger partial charge in [0.15, 0.2) is 0 Å². The zero-order valence-corrected chi connectivity index (χ0v) is 10.0. The van der Waals surface area contributed by atoms with E-state index in [4.69, 9.17) is 0 Å².